The fraction of sp³-hybridized carbons (Fsp3) is 0.350. The summed E-state index contributed by atoms with van der Waals surface area (Å²) in [7, 11) is -3.62. The van der Waals surface area contributed by atoms with Crippen LogP contribution in [-0.4, -0.2) is 37.8 Å². The number of sulfonamides is 1. The van der Waals surface area contributed by atoms with E-state index in [0.29, 0.717) is 43.8 Å². The van der Waals surface area contributed by atoms with Crippen molar-refractivity contribution in [1.82, 2.24) is 9.62 Å². The maximum atomic E-state index is 12.8. The van der Waals surface area contributed by atoms with Gasteiger partial charge in [0, 0.05) is 25.6 Å². The zero-order valence-electron chi connectivity index (χ0n) is 15.3. The van der Waals surface area contributed by atoms with E-state index in [0.717, 1.165) is 5.56 Å². The third-order valence-corrected chi connectivity index (χ3v) is 7.47. The number of nitrogens with one attached hydrogen (secondary N) is 1. The first-order chi connectivity index (χ1) is 13.4. The third kappa shape index (κ3) is 5.26. The van der Waals surface area contributed by atoms with Crippen LogP contribution in [0.4, 0.5) is 0 Å². The van der Waals surface area contributed by atoms with Gasteiger partial charge in [-0.3, -0.25) is 4.79 Å². The topological polar surface area (TPSA) is 66.5 Å². The van der Waals surface area contributed by atoms with Crippen LogP contribution in [0.3, 0.4) is 0 Å². The number of nitrogens with zero attached hydrogens (tertiary/aromatic N) is 1. The molecule has 0 spiro atoms. The Morgan fingerprint density at radius 3 is 2.36 bits per heavy atom. The molecule has 0 aliphatic carbocycles. The highest BCUT2D eigenvalue weighted by Crippen LogP contribution is 2.27. The fourth-order valence-corrected chi connectivity index (χ4v) is 5.09. The highest BCUT2D eigenvalue weighted by atomic mass is 35.5. The summed E-state index contributed by atoms with van der Waals surface area (Å²) in [6.07, 6.45) is 2.28. The minimum atomic E-state index is -3.62. The van der Waals surface area contributed by atoms with Crippen molar-refractivity contribution >= 4 is 39.1 Å². The molecule has 0 unspecified atom stereocenters. The molecule has 1 heterocycles. The molecule has 2 aromatic carbocycles. The lowest BCUT2D eigenvalue weighted by molar-refractivity contribution is -0.122. The highest BCUT2D eigenvalue weighted by Gasteiger charge is 2.30. The van der Waals surface area contributed by atoms with Gasteiger partial charge in [-0.15, -0.1) is 0 Å². The van der Waals surface area contributed by atoms with Crippen molar-refractivity contribution in [1.29, 1.82) is 0 Å². The summed E-state index contributed by atoms with van der Waals surface area (Å²) in [5.41, 5.74) is 1.13. The molecule has 3 rings (SSSR count). The Balaban J connectivity index is 1.51. The van der Waals surface area contributed by atoms with Crippen LogP contribution in [0.1, 0.15) is 24.8 Å². The lowest BCUT2D eigenvalue weighted by Crippen LogP contribution is -2.46. The Labute approximate surface area is 175 Å². The number of carbonyl (C=O) groups excluding carboxylic acids is 1. The largest absolute Gasteiger partial charge is 0.353 e. The van der Waals surface area contributed by atoms with Gasteiger partial charge in [0.15, 0.2) is 0 Å². The number of rotatable bonds is 6. The lowest BCUT2D eigenvalue weighted by atomic mass is 10.1. The van der Waals surface area contributed by atoms with Crippen LogP contribution in [0.15, 0.2) is 53.4 Å². The Morgan fingerprint density at radius 2 is 1.71 bits per heavy atom. The number of amides is 1. The van der Waals surface area contributed by atoms with Crippen LogP contribution in [0.5, 0.6) is 0 Å². The van der Waals surface area contributed by atoms with Crippen LogP contribution < -0.4 is 5.32 Å². The molecule has 0 bridgehead atoms. The van der Waals surface area contributed by atoms with Gasteiger partial charge < -0.3 is 5.32 Å². The molecular formula is C20H22Cl2N2O3S. The van der Waals surface area contributed by atoms with E-state index in [9.17, 15) is 13.2 Å². The SMILES string of the molecule is O=C(CCc1ccccc1)NC1CCN(S(=O)(=O)c2ccc(Cl)c(Cl)c2)CC1. The van der Waals surface area contributed by atoms with E-state index in [1.165, 1.54) is 22.5 Å². The maximum absolute atomic E-state index is 12.8. The van der Waals surface area contributed by atoms with E-state index < -0.39 is 10.0 Å². The molecule has 1 fully saturated rings. The number of carbonyl (C=O) groups is 1. The molecule has 5 nitrogen and oxygen atoms in total. The van der Waals surface area contributed by atoms with E-state index in [1.807, 2.05) is 30.3 Å². The summed E-state index contributed by atoms with van der Waals surface area (Å²) in [4.78, 5) is 12.3. The molecule has 1 aliphatic heterocycles. The molecule has 0 atom stereocenters. The second-order valence-electron chi connectivity index (χ2n) is 6.81. The van der Waals surface area contributed by atoms with Gasteiger partial charge in [0.25, 0.3) is 0 Å². The predicted octanol–water partition coefficient (Wildman–Crippen LogP) is 3.90. The summed E-state index contributed by atoms with van der Waals surface area (Å²) >= 11 is 11.8. The molecule has 1 saturated heterocycles. The zero-order chi connectivity index (χ0) is 20.1. The van der Waals surface area contributed by atoms with E-state index >= 15 is 0 Å². The highest BCUT2D eigenvalue weighted by molar-refractivity contribution is 7.89. The van der Waals surface area contributed by atoms with Crippen molar-refractivity contribution in [2.75, 3.05) is 13.1 Å². The maximum Gasteiger partial charge on any atom is 0.243 e. The molecule has 2 aromatic rings. The van der Waals surface area contributed by atoms with Gasteiger partial charge in [0.05, 0.1) is 14.9 Å². The number of hydrogen-bond donors (Lipinski definition) is 1. The lowest BCUT2D eigenvalue weighted by Gasteiger charge is -2.31. The van der Waals surface area contributed by atoms with Gasteiger partial charge in [-0.1, -0.05) is 53.5 Å². The molecular weight excluding hydrogens is 419 g/mol. The molecule has 1 amide bonds. The summed E-state index contributed by atoms with van der Waals surface area (Å²) in [5.74, 6) is -0.00496. The minimum Gasteiger partial charge on any atom is -0.353 e. The van der Waals surface area contributed by atoms with Crippen LogP contribution in [0.2, 0.25) is 10.0 Å². The minimum absolute atomic E-state index is 0.00496. The van der Waals surface area contributed by atoms with Gasteiger partial charge in [-0.2, -0.15) is 4.31 Å². The second-order valence-corrected chi connectivity index (χ2v) is 9.56. The molecule has 28 heavy (non-hydrogen) atoms. The first-order valence-electron chi connectivity index (χ1n) is 9.15. The van der Waals surface area contributed by atoms with Crippen molar-refractivity contribution in [2.24, 2.45) is 0 Å². The van der Waals surface area contributed by atoms with Crippen molar-refractivity contribution < 1.29 is 13.2 Å². The van der Waals surface area contributed by atoms with Gasteiger partial charge in [0.2, 0.25) is 15.9 Å². The van der Waals surface area contributed by atoms with Gasteiger partial charge >= 0.3 is 0 Å². The zero-order valence-corrected chi connectivity index (χ0v) is 17.6. The first kappa shape index (κ1) is 21.1. The van der Waals surface area contributed by atoms with Crippen LogP contribution >= 0.6 is 23.2 Å². The summed E-state index contributed by atoms with van der Waals surface area (Å²) in [6, 6.07) is 14.2. The normalized spacial score (nSPS) is 16.1. The molecule has 1 N–H and O–H groups in total. The number of piperidine rings is 1. The van der Waals surface area contributed by atoms with Crippen molar-refractivity contribution in [3.05, 3.63) is 64.1 Å². The first-order valence-corrected chi connectivity index (χ1v) is 11.3. The summed E-state index contributed by atoms with van der Waals surface area (Å²) in [6.45, 7) is 0.707. The van der Waals surface area contributed by atoms with E-state index in [4.69, 9.17) is 23.2 Å². The third-order valence-electron chi connectivity index (χ3n) is 4.83. The average Bonchev–Trinajstić information content (AvgIpc) is 2.69. The van der Waals surface area contributed by atoms with E-state index in [2.05, 4.69) is 5.32 Å². The van der Waals surface area contributed by atoms with Crippen molar-refractivity contribution in [2.45, 2.75) is 36.6 Å². The molecule has 1 aliphatic rings. The Morgan fingerprint density at radius 1 is 1.04 bits per heavy atom. The summed E-state index contributed by atoms with van der Waals surface area (Å²) in [5, 5.41) is 3.55. The number of aryl methyl sites for hydroxylation is 1. The molecule has 0 aromatic heterocycles. The quantitative estimate of drug-likeness (QED) is 0.740. The second kappa shape index (κ2) is 9.27. The molecule has 150 valence electrons. The molecule has 8 heteroatoms. The van der Waals surface area contributed by atoms with Gasteiger partial charge in [-0.25, -0.2) is 8.42 Å². The van der Waals surface area contributed by atoms with Crippen molar-refractivity contribution in [3.8, 4) is 0 Å². The standard InChI is InChI=1S/C20H22Cl2N2O3S/c21-18-8-7-17(14-19(18)22)28(26,27)24-12-10-16(11-13-24)23-20(25)9-6-15-4-2-1-3-5-15/h1-5,7-8,14,16H,6,9-13H2,(H,23,25). The Kier molecular flexibility index (Phi) is 6.99. The van der Waals surface area contributed by atoms with E-state index in [1.54, 1.807) is 0 Å². The molecule has 0 saturated carbocycles. The monoisotopic (exact) mass is 440 g/mol. The van der Waals surface area contributed by atoms with Gasteiger partial charge in [-0.05, 0) is 43.0 Å². The number of benzene rings is 2. The van der Waals surface area contributed by atoms with E-state index in [-0.39, 0.29) is 21.9 Å². The number of hydrogen-bond acceptors (Lipinski definition) is 3. The van der Waals surface area contributed by atoms with Crippen LogP contribution in [-0.2, 0) is 21.2 Å². The van der Waals surface area contributed by atoms with Crippen LogP contribution in [0.25, 0.3) is 0 Å². The Hall–Kier alpha value is -1.60. The average molecular weight is 441 g/mol. The fourth-order valence-electron chi connectivity index (χ4n) is 3.23. The summed E-state index contributed by atoms with van der Waals surface area (Å²) < 4.78 is 27.0. The van der Waals surface area contributed by atoms with Crippen LogP contribution in [0, 0.1) is 0 Å². The Bertz CT molecular complexity index is 928. The smallest absolute Gasteiger partial charge is 0.243 e. The van der Waals surface area contributed by atoms with Crippen molar-refractivity contribution in [3.63, 3.8) is 0 Å². The van der Waals surface area contributed by atoms with Gasteiger partial charge in [0.1, 0.15) is 0 Å². The molecule has 0 radical (unpaired) electrons. The number of halogens is 2. The predicted molar refractivity (Wildman–Crippen MR) is 111 cm³/mol.